The summed E-state index contributed by atoms with van der Waals surface area (Å²) in [5.74, 6) is -0.678. The lowest BCUT2D eigenvalue weighted by molar-refractivity contribution is -0.136. The van der Waals surface area contributed by atoms with Gasteiger partial charge in [-0.3, -0.25) is 4.79 Å². The van der Waals surface area contributed by atoms with Crippen molar-refractivity contribution in [2.24, 2.45) is 0 Å². The van der Waals surface area contributed by atoms with Gasteiger partial charge in [0.25, 0.3) is 0 Å². The fraction of sp³-hybridized carbons (Fsp3) is 0.261. The van der Waals surface area contributed by atoms with E-state index in [1.807, 2.05) is 54.6 Å². The molecule has 0 unspecified atom stereocenters. The van der Waals surface area contributed by atoms with Crippen molar-refractivity contribution in [1.29, 1.82) is 0 Å². The van der Waals surface area contributed by atoms with Crippen LogP contribution in [-0.4, -0.2) is 36.9 Å². The number of sulfonamides is 1. The van der Waals surface area contributed by atoms with E-state index in [0.29, 0.717) is 30.8 Å². The van der Waals surface area contributed by atoms with Crippen molar-refractivity contribution in [3.63, 3.8) is 0 Å². The van der Waals surface area contributed by atoms with Crippen molar-refractivity contribution in [2.45, 2.75) is 30.1 Å². The number of hydrogen-bond acceptors (Lipinski definition) is 3. The number of nitrogens with zero attached hydrogens (tertiary/aromatic N) is 1. The molecule has 29 heavy (non-hydrogen) atoms. The minimum absolute atomic E-state index is 0.00816. The molecule has 0 atom stereocenters. The second-order valence-electron chi connectivity index (χ2n) is 7.46. The van der Waals surface area contributed by atoms with Gasteiger partial charge < -0.3 is 5.11 Å². The highest BCUT2D eigenvalue weighted by atomic mass is 32.2. The molecule has 1 fully saturated rings. The van der Waals surface area contributed by atoms with Crippen molar-refractivity contribution in [3.8, 4) is 0 Å². The van der Waals surface area contributed by atoms with Gasteiger partial charge >= 0.3 is 5.97 Å². The topological polar surface area (TPSA) is 74.7 Å². The van der Waals surface area contributed by atoms with Crippen molar-refractivity contribution < 1.29 is 18.3 Å². The molecule has 5 nitrogen and oxygen atoms in total. The summed E-state index contributed by atoms with van der Waals surface area (Å²) in [5, 5.41) is 11.1. The van der Waals surface area contributed by atoms with E-state index in [1.54, 1.807) is 16.4 Å². The van der Waals surface area contributed by atoms with E-state index in [2.05, 4.69) is 0 Å². The quantitative estimate of drug-likeness (QED) is 0.690. The summed E-state index contributed by atoms with van der Waals surface area (Å²) in [7, 11) is -3.55. The van der Waals surface area contributed by atoms with Gasteiger partial charge in [0.05, 0.1) is 11.3 Å². The Bertz CT molecular complexity index is 1150. The predicted molar refractivity (Wildman–Crippen MR) is 112 cm³/mol. The highest BCUT2D eigenvalue weighted by Gasteiger charge is 2.30. The molecule has 0 spiro atoms. The molecule has 1 aliphatic rings. The van der Waals surface area contributed by atoms with Gasteiger partial charge in [-0.05, 0) is 52.8 Å². The molecule has 3 aromatic rings. The lowest BCUT2D eigenvalue weighted by Gasteiger charge is -2.32. The van der Waals surface area contributed by atoms with Crippen molar-refractivity contribution in [1.82, 2.24) is 4.31 Å². The first-order chi connectivity index (χ1) is 13.9. The molecule has 6 heteroatoms. The zero-order chi connectivity index (χ0) is 20.4. The van der Waals surface area contributed by atoms with Gasteiger partial charge in [-0.25, -0.2) is 8.42 Å². The summed E-state index contributed by atoms with van der Waals surface area (Å²) in [6, 6.07) is 20.5. The fourth-order valence-corrected chi connectivity index (χ4v) is 5.65. The molecular formula is C23H23NO4S. The Labute approximate surface area is 170 Å². The Kier molecular flexibility index (Phi) is 5.39. The molecule has 0 aliphatic carbocycles. The van der Waals surface area contributed by atoms with Crippen LogP contribution in [0, 0.1) is 0 Å². The van der Waals surface area contributed by atoms with E-state index in [1.165, 1.54) is 0 Å². The minimum atomic E-state index is -3.55. The molecule has 1 heterocycles. The van der Waals surface area contributed by atoms with Crippen LogP contribution in [0.15, 0.2) is 71.6 Å². The molecule has 0 bridgehead atoms. The standard InChI is InChI=1S/C23H23NO4S/c25-23(26)16-20-7-3-4-8-22(20)18-11-13-24(14-12-18)29(27,28)21-10-9-17-5-1-2-6-19(17)15-21/h1-10,15,18H,11-14,16H2,(H,25,26). The number of carboxylic acid groups (broad SMARTS) is 1. The second-order valence-corrected chi connectivity index (χ2v) is 9.39. The summed E-state index contributed by atoms with van der Waals surface area (Å²) >= 11 is 0. The molecule has 0 saturated carbocycles. The number of hydrogen-bond donors (Lipinski definition) is 1. The van der Waals surface area contributed by atoms with Crippen LogP contribution < -0.4 is 0 Å². The fourth-order valence-electron chi connectivity index (χ4n) is 4.14. The van der Waals surface area contributed by atoms with Crippen LogP contribution in [0.2, 0.25) is 0 Å². The van der Waals surface area contributed by atoms with Gasteiger partial charge in [0.2, 0.25) is 10.0 Å². The van der Waals surface area contributed by atoms with Crippen LogP contribution in [0.4, 0.5) is 0 Å². The maximum Gasteiger partial charge on any atom is 0.307 e. The number of fused-ring (bicyclic) bond motifs is 1. The van der Waals surface area contributed by atoms with E-state index < -0.39 is 16.0 Å². The summed E-state index contributed by atoms with van der Waals surface area (Å²) in [6.45, 7) is 0.864. The highest BCUT2D eigenvalue weighted by molar-refractivity contribution is 7.89. The van der Waals surface area contributed by atoms with Crippen LogP contribution >= 0.6 is 0 Å². The van der Waals surface area contributed by atoms with Crippen LogP contribution in [-0.2, 0) is 21.2 Å². The molecule has 0 radical (unpaired) electrons. The number of carbonyl (C=O) groups is 1. The zero-order valence-electron chi connectivity index (χ0n) is 16.0. The minimum Gasteiger partial charge on any atom is -0.481 e. The van der Waals surface area contributed by atoms with E-state index in [9.17, 15) is 13.2 Å². The summed E-state index contributed by atoms with van der Waals surface area (Å²) < 4.78 is 27.8. The smallest absolute Gasteiger partial charge is 0.307 e. The van der Waals surface area contributed by atoms with E-state index in [0.717, 1.165) is 21.9 Å². The Morgan fingerprint density at radius 1 is 0.931 bits per heavy atom. The summed E-state index contributed by atoms with van der Waals surface area (Å²) in [4.78, 5) is 11.5. The third-order valence-corrected chi connectivity index (χ3v) is 7.54. The summed E-state index contributed by atoms with van der Waals surface area (Å²) in [6.07, 6.45) is 1.36. The third-order valence-electron chi connectivity index (χ3n) is 5.65. The Balaban J connectivity index is 1.52. The average Bonchev–Trinajstić information content (AvgIpc) is 2.73. The Hall–Kier alpha value is -2.70. The molecule has 0 aromatic heterocycles. The molecule has 0 amide bonds. The van der Waals surface area contributed by atoms with Gasteiger partial charge in [0, 0.05) is 13.1 Å². The first-order valence-corrected chi connectivity index (χ1v) is 11.2. The van der Waals surface area contributed by atoms with Crippen LogP contribution in [0.5, 0.6) is 0 Å². The molecule has 1 saturated heterocycles. The lowest BCUT2D eigenvalue weighted by atomic mass is 9.86. The normalized spacial score (nSPS) is 16.1. The molecule has 1 N–H and O–H groups in total. The second kappa shape index (κ2) is 7.97. The van der Waals surface area contributed by atoms with Gasteiger partial charge in [0.1, 0.15) is 0 Å². The maximum absolute atomic E-state index is 13.1. The van der Waals surface area contributed by atoms with Crippen LogP contribution in [0.25, 0.3) is 10.8 Å². The van der Waals surface area contributed by atoms with Crippen LogP contribution in [0.3, 0.4) is 0 Å². The van der Waals surface area contributed by atoms with Crippen molar-refractivity contribution >= 4 is 26.8 Å². The highest BCUT2D eigenvalue weighted by Crippen LogP contribution is 2.33. The van der Waals surface area contributed by atoms with Gasteiger partial charge in [-0.15, -0.1) is 0 Å². The van der Waals surface area contributed by atoms with Gasteiger partial charge in [0.15, 0.2) is 0 Å². The van der Waals surface area contributed by atoms with E-state index >= 15 is 0 Å². The van der Waals surface area contributed by atoms with Crippen molar-refractivity contribution in [2.75, 3.05) is 13.1 Å². The zero-order valence-corrected chi connectivity index (χ0v) is 16.8. The molecule has 4 rings (SSSR count). The number of rotatable bonds is 5. The maximum atomic E-state index is 13.1. The lowest BCUT2D eigenvalue weighted by Crippen LogP contribution is -2.38. The average molecular weight is 410 g/mol. The number of piperidine rings is 1. The van der Waals surface area contributed by atoms with Gasteiger partial charge in [-0.2, -0.15) is 4.31 Å². The number of carboxylic acids is 1. The van der Waals surface area contributed by atoms with E-state index in [4.69, 9.17) is 5.11 Å². The first kappa shape index (κ1) is 19.6. The number of aliphatic carboxylic acids is 1. The first-order valence-electron chi connectivity index (χ1n) is 9.74. The molecule has 150 valence electrons. The largest absolute Gasteiger partial charge is 0.481 e. The summed E-state index contributed by atoms with van der Waals surface area (Å²) in [5.41, 5.74) is 1.84. The molecular weight excluding hydrogens is 386 g/mol. The van der Waals surface area contributed by atoms with Gasteiger partial charge in [-0.1, -0.05) is 54.6 Å². The van der Waals surface area contributed by atoms with Crippen molar-refractivity contribution in [3.05, 3.63) is 77.9 Å². The SMILES string of the molecule is O=C(O)Cc1ccccc1C1CCN(S(=O)(=O)c2ccc3ccccc3c2)CC1. The van der Waals surface area contributed by atoms with Crippen LogP contribution in [0.1, 0.15) is 29.9 Å². The number of benzene rings is 3. The Morgan fingerprint density at radius 2 is 1.59 bits per heavy atom. The molecule has 1 aliphatic heterocycles. The molecule has 3 aromatic carbocycles. The monoisotopic (exact) mass is 409 g/mol. The van der Waals surface area contributed by atoms with E-state index in [-0.39, 0.29) is 12.3 Å². The third kappa shape index (κ3) is 4.04. The predicted octanol–water partition coefficient (Wildman–Crippen LogP) is 4.04. The Morgan fingerprint density at radius 3 is 2.31 bits per heavy atom.